The Balaban J connectivity index is 1.26. The fourth-order valence-corrected chi connectivity index (χ4v) is 5.11. The van der Waals surface area contributed by atoms with Gasteiger partial charge in [-0.2, -0.15) is 4.98 Å². The molecule has 2 unspecified atom stereocenters. The lowest BCUT2D eigenvalue weighted by Gasteiger charge is -2.33. The van der Waals surface area contributed by atoms with Crippen molar-refractivity contribution in [2.24, 2.45) is 0 Å². The van der Waals surface area contributed by atoms with Gasteiger partial charge in [-0.1, -0.05) is 12.2 Å². The molecule has 2 fully saturated rings. The van der Waals surface area contributed by atoms with E-state index in [0.29, 0.717) is 48.2 Å². The molecule has 1 aliphatic carbocycles. The van der Waals surface area contributed by atoms with Crippen LogP contribution in [-0.2, 0) is 4.79 Å². The van der Waals surface area contributed by atoms with Gasteiger partial charge in [-0.15, -0.1) is 0 Å². The molecule has 3 aliphatic rings. The van der Waals surface area contributed by atoms with Gasteiger partial charge >= 0.3 is 6.09 Å². The second-order valence-corrected chi connectivity index (χ2v) is 9.27. The van der Waals surface area contributed by atoms with E-state index in [1.165, 1.54) is 29.8 Å². The number of piperazine rings is 1. The van der Waals surface area contributed by atoms with E-state index < -0.39 is 11.9 Å². The Labute approximate surface area is 216 Å². The van der Waals surface area contributed by atoms with Crippen LogP contribution in [-0.4, -0.2) is 67.0 Å². The highest BCUT2D eigenvalue weighted by Gasteiger charge is 2.46. The Kier molecular flexibility index (Phi) is 5.74. The van der Waals surface area contributed by atoms with E-state index in [0.717, 1.165) is 0 Å². The SMILES string of the molecule is Cc1cnc(Nc2cnc(N3CC4CC3CN4C(=O)O)c(F)c2)nc1N(C1=CC=CCC1=O)c1cnco1. The van der Waals surface area contributed by atoms with E-state index in [2.05, 4.69) is 25.3 Å². The number of carboxylic acid groups (broad SMARTS) is 1. The normalized spacial score (nSPS) is 20.2. The second-order valence-electron chi connectivity index (χ2n) is 9.27. The summed E-state index contributed by atoms with van der Waals surface area (Å²) in [6.45, 7) is 2.54. The minimum atomic E-state index is -0.954. The molecule has 0 radical (unpaired) electrons. The van der Waals surface area contributed by atoms with Gasteiger partial charge in [0.2, 0.25) is 11.8 Å². The van der Waals surface area contributed by atoms with Gasteiger partial charge in [-0.05, 0) is 19.4 Å². The molecule has 1 amide bonds. The van der Waals surface area contributed by atoms with Crippen molar-refractivity contribution in [1.29, 1.82) is 0 Å². The quantitative estimate of drug-likeness (QED) is 0.495. The number of pyridine rings is 1. The highest BCUT2D eigenvalue weighted by molar-refractivity contribution is 6.02. The Morgan fingerprint density at radius 1 is 1.24 bits per heavy atom. The van der Waals surface area contributed by atoms with Gasteiger partial charge in [0.05, 0.1) is 35.9 Å². The topological polar surface area (TPSA) is 141 Å². The third kappa shape index (κ3) is 4.11. The van der Waals surface area contributed by atoms with Crippen molar-refractivity contribution in [3.8, 4) is 0 Å². The number of hydrogen-bond acceptors (Lipinski definition) is 10. The van der Waals surface area contributed by atoms with Gasteiger partial charge in [-0.25, -0.2) is 24.1 Å². The molecule has 38 heavy (non-hydrogen) atoms. The average molecular weight is 519 g/mol. The molecular weight excluding hydrogens is 495 g/mol. The molecule has 12 nitrogen and oxygen atoms in total. The minimum absolute atomic E-state index is 0.103. The lowest BCUT2D eigenvalue weighted by atomic mass is 10.1. The fourth-order valence-electron chi connectivity index (χ4n) is 5.11. The van der Waals surface area contributed by atoms with Crippen molar-refractivity contribution in [1.82, 2.24) is 24.8 Å². The van der Waals surface area contributed by atoms with E-state index in [4.69, 9.17) is 4.42 Å². The van der Waals surface area contributed by atoms with Crippen molar-refractivity contribution in [2.75, 3.05) is 28.2 Å². The van der Waals surface area contributed by atoms with Crippen molar-refractivity contribution in [3.05, 3.63) is 66.4 Å². The zero-order valence-electron chi connectivity index (χ0n) is 20.3. The summed E-state index contributed by atoms with van der Waals surface area (Å²) in [5.74, 6) is 0.415. The molecule has 2 aliphatic heterocycles. The summed E-state index contributed by atoms with van der Waals surface area (Å²) in [7, 11) is 0. The van der Waals surface area contributed by atoms with Gasteiger partial charge in [-0.3, -0.25) is 9.69 Å². The van der Waals surface area contributed by atoms with Crippen molar-refractivity contribution in [3.63, 3.8) is 0 Å². The number of allylic oxidation sites excluding steroid dienone is 4. The Bertz CT molecular complexity index is 1470. The Morgan fingerprint density at radius 3 is 2.79 bits per heavy atom. The summed E-state index contributed by atoms with van der Waals surface area (Å²) in [6.07, 6.45) is 11.0. The van der Waals surface area contributed by atoms with E-state index in [9.17, 15) is 14.7 Å². The molecule has 3 aromatic heterocycles. The second kappa shape index (κ2) is 9.25. The van der Waals surface area contributed by atoms with E-state index in [1.807, 2.05) is 4.90 Å². The first kappa shape index (κ1) is 23.6. The van der Waals surface area contributed by atoms with Crippen molar-refractivity contribution >= 4 is 41.0 Å². The Hall–Kier alpha value is -4.81. The van der Waals surface area contributed by atoms with Crippen LogP contribution in [0.5, 0.6) is 0 Å². The maximum Gasteiger partial charge on any atom is 0.407 e. The highest BCUT2D eigenvalue weighted by Crippen LogP contribution is 2.36. The maximum atomic E-state index is 15.1. The smallest absolute Gasteiger partial charge is 0.407 e. The lowest BCUT2D eigenvalue weighted by molar-refractivity contribution is -0.114. The number of rotatable bonds is 6. The number of nitrogens with zero attached hydrogens (tertiary/aromatic N) is 7. The number of carbonyl (C=O) groups excluding carboxylic acids is 1. The summed E-state index contributed by atoms with van der Waals surface area (Å²) in [6, 6.07) is 1.04. The molecule has 0 saturated carbocycles. The molecule has 3 aromatic rings. The molecule has 5 heterocycles. The average Bonchev–Trinajstić information content (AvgIpc) is 3.65. The summed E-state index contributed by atoms with van der Waals surface area (Å²) >= 11 is 0. The molecule has 2 N–H and O–H groups in total. The first-order valence-corrected chi connectivity index (χ1v) is 12.0. The van der Waals surface area contributed by atoms with Crippen LogP contribution in [0.1, 0.15) is 18.4 Å². The highest BCUT2D eigenvalue weighted by atomic mass is 19.1. The monoisotopic (exact) mass is 518 g/mol. The number of fused-ring (bicyclic) bond motifs is 2. The number of amides is 1. The Morgan fingerprint density at radius 2 is 2.11 bits per heavy atom. The number of aromatic nitrogens is 4. The lowest BCUT2D eigenvalue weighted by Crippen LogP contribution is -2.48. The molecule has 0 spiro atoms. The van der Waals surface area contributed by atoms with E-state index in [1.54, 1.807) is 36.2 Å². The van der Waals surface area contributed by atoms with Crippen LogP contribution in [0.3, 0.4) is 0 Å². The summed E-state index contributed by atoms with van der Waals surface area (Å²) in [5, 5.41) is 12.3. The fraction of sp³-hybridized carbons (Fsp3) is 0.280. The van der Waals surface area contributed by atoms with E-state index >= 15 is 4.39 Å². The number of anilines is 5. The van der Waals surface area contributed by atoms with Crippen LogP contribution in [0.15, 0.2) is 59.4 Å². The number of likely N-dealkylation sites (tertiary alicyclic amines) is 1. The molecule has 2 bridgehead atoms. The molecule has 6 rings (SSSR count). The molecule has 0 aromatic carbocycles. The first-order valence-electron chi connectivity index (χ1n) is 12.0. The van der Waals surface area contributed by atoms with Gasteiger partial charge in [0.15, 0.2) is 23.8 Å². The van der Waals surface area contributed by atoms with E-state index in [-0.39, 0.29) is 36.1 Å². The molecule has 2 atom stereocenters. The van der Waals surface area contributed by atoms with Crippen LogP contribution in [0, 0.1) is 12.7 Å². The zero-order valence-corrected chi connectivity index (χ0v) is 20.3. The first-order chi connectivity index (χ1) is 18.4. The minimum Gasteiger partial charge on any atom is -0.465 e. The van der Waals surface area contributed by atoms with Crippen LogP contribution < -0.4 is 15.1 Å². The largest absolute Gasteiger partial charge is 0.465 e. The standard InChI is InChI=1S/C25H23FN8O4/c1-14-8-29-24(31-22(14)34(21-10-27-13-38-21)19-4-2-3-5-20(19)35)30-15-6-18(26)23(28-9-15)32-11-17-7-16(32)12-33(17)25(36)37/h2-4,6,8-10,13,16-17H,5,7,11-12H2,1H3,(H,36,37)(H,29,30,31). The number of halogens is 1. The predicted octanol–water partition coefficient (Wildman–Crippen LogP) is 3.54. The van der Waals surface area contributed by atoms with Crippen LogP contribution in [0.25, 0.3) is 0 Å². The number of Topliss-reactive ketones (excluding diaryl/α,β-unsaturated/α-hetero) is 1. The van der Waals surface area contributed by atoms with Crippen molar-refractivity contribution in [2.45, 2.75) is 31.8 Å². The third-order valence-corrected chi connectivity index (χ3v) is 6.85. The molecule has 2 saturated heterocycles. The van der Waals surface area contributed by atoms with Crippen LogP contribution >= 0.6 is 0 Å². The number of ketones is 1. The zero-order chi connectivity index (χ0) is 26.4. The van der Waals surface area contributed by atoms with Crippen LogP contribution in [0.2, 0.25) is 0 Å². The summed E-state index contributed by atoms with van der Waals surface area (Å²) < 4.78 is 20.6. The van der Waals surface area contributed by atoms with Gasteiger partial charge in [0, 0.05) is 37.3 Å². The number of aryl methyl sites for hydroxylation is 1. The summed E-state index contributed by atoms with van der Waals surface area (Å²) in [4.78, 5) is 46.0. The number of nitrogens with one attached hydrogen (secondary N) is 1. The van der Waals surface area contributed by atoms with Crippen molar-refractivity contribution < 1.29 is 23.5 Å². The molecular formula is C25H23FN8O4. The maximum absolute atomic E-state index is 15.1. The van der Waals surface area contributed by atoms with Gasteiger partial charge in [0.25, 0.3) is 0 Å². The molecule has 13 heteroatoms. The van der Waals surface area contributed by atoms with Crippen LogP contribution in [0.4, 0.5) is 38.3 Å². The third-order valence-electron chi connectivity index (χ3n) is 6.85. The number of carbonyl (C=O) groups is 2. The van der Waals surface area contributed by atoms with Gasteiger partial charge in [0.1, 0.15) is 5.82 Å². The predicted molar refractivity (Wildman–Crippen MR) is 134 cm³/mol. The summed E-state index contributed by atoms with van der Waals surface area (Å²) in [5.41, 5.74) is 1.38. The number of oxazole rings is 1. The van der Waals surface area contributed by atoms with Gasteiger partial charge < -0.3 is 24.6 Å². The molecule has 194 valence electrons. The number of hydrogen-bond donors (Lipinski definition) is 2.